The van der Waals surface area contributed by atoms with E-state index in [4.69, 9.17) is 4.98 Å². The van der Waals surface area contributed by atoms with Gasteiger partial charge in [-0.2, -0.15) is 0 Å². The van der Waals surface area contributed by atoms with Crippen molar-refractivity contribution in [1.29, 1.82) is 0 Å². The van der Waals surface area contributed by atoms with Gasteiger partial charge in [0.05, 0.1) is 5.69 Å². The highest BCUT2D eigenvalue weighted by Gasteiger charge is 2.34. The standard InChI is InChI=1S/C16H27N3/c1-10-8-11(2)19-14-9-12(16(3,4)5)6-7-13(14)18-15(19)17-10/h10-12H,6-9H2,1-5H3,(H,17,18). The van der Waals surface area contributed by atoms with Crippen molar-refractivity contribution in [3.63, 3.8) is 0 Å². The molecule has 2 aliphatic rings. The molecule has 1 aliphatic carbocycles. The van der Waals surface area contributed by atoms with Gasteiger partial charge in [-0.25, -0.2) is 4.98 Å². The van der Waals surface area contributed by atoms with Gasteiger partial charge in [0.1, 0.15) is 0 Å². The van der Waals surface area contributed by atoms with Gasteiger partial charge in [-0.05, 0) is 50.9 Å². The molecule has 1 aliphatic heterocycles. The Morgan fingerprint density at radius 3 is 2.68 bits per heavy atom. The Morgan fingerprint density at radius 2 is 2.00 bits per heavy atom. The number of nitrogens with zero attached hydrogens (tertiary/aromatic N) is 2. The van der Waals surface area contributed by atoms with Gasteiger partial charge < -0.3 is 9.88 Å². The van der Waals surface area contributed by atoms with Crippen LogP contribution in [0, 0.1) is 11.3 Å². The zero-order chi connectivity index (χ0) is 13.8. The van der Waals surface area contributed by atoms with E-state index in [2.05, 4.69) is 44.5 Å². The number of hydrogen-bond acceptors (Lipinski definition) is 2. The van der Waals surface area contributed by atoms with Crippen molar-refractivity contribution in [2.75, 3.05) is 5.32 Å². The van der Waals surface area contributed by atoms with Gasteiger partial charge in [-0.1, -0.05) is 20.8 Å². The highest BCUT2D eigenvalue weighted by atomic mass is 15.3. The van der Waals surface area contributed by atoms with E-state index < -0.39 is 0 Å². The third-order valence-corrected chi connectivity index (χ3v) is 5.00. The average Bonchev–Trinajstić information content (AvgIpc) is 2.64. The van der Waals surface area contributed by atoms with E-state index in [9.17, 15) is 0 Å². The number of nitrogens with one attached hydrogen (secondary N) is 1. The normalized spacial score (nSPS) is 30.5. The first-order chi connectivity index (χ1) is 8.86. The van der Waals surface area contributed by atoms with Crippen LogP contribution in [-0.4, -0.2) is 15.6 Å². The van der Waals surface area contributed by atoms with Gasteiger partial charge in [0.2, 0.25) is 5.95 Å². The van der Waals surface area contributed by atoms with E-state index in [0.717, 1.165) is 18.3 Å². The van der Waals surface area contributed by atoms with Crippen LogP contribution >= 0.6 is 0 Å². The molecule has 3 unspecified atom stereocenters. The first-order valence-corrected chi connectivity index (χ1v) is 7.72. The lowest BCUT2D eigenvalue weighted by atomic mass is 9.72. The summed E-state index contributed by atoms with van der Waals surface area (Å²) in [4.78, 5) is 4.86. The van der Waals surface area contributed by atoms with Crippen molar-refractivity contribution in [2.24, 2.45) is 11.3 Å². The summed E-state index contributed by atoms with van der Waals surface area (Å²) < 4.78 is 2.48. The van der Waals surface area contributed by atoms with Crippen molar-refractivity contribution in [3.05, 3.63) is 11.4 Å². The topological polar surface area (TPSA) is 29.9 Å². The molecule has 3 atom stereocenters. The number of imidazole rings is 1. The fourth-order valence-corrected chi connectivity index (χ4v) is 3.79. The summed E-state index contributed by atoms with van der Waals surface area (Å²) >= 11 is 0. The van der Waals surface area contributed by atoms with Crippen molar-refractivity contribution >= 4 is 5.95 Å². The Hall–Kier alpha value is -0.990. The Balaban J connectivity index is 1.97. The first kappa shape index (κ1) is 13.0. The highest BCUT2D eigenvalue weighted by molar-refractivity contribution is 5.39. The number of fused-ring (bicyclic) bond motifs is 3. The summed E-state index contributed by atoms with van der Waals surface area (Å²) in [6, 6.07) is 1.13. The van der Waals surface area contributed by atoms with E-state index in [-0.39, 0.29) is 0 Å². The quantitative estimate of drug-likeness (QED) is 0.770. The van der Waals surface area contributed by atoms with Gasteiger partial charge in [0.25, 0.3) is 0 Å². The Kier molecular flexibility index (Phi) is 2.91. The molecule has 3 nitrogen and oxygen atoms in total. The van der Waals surface area contributed by atoms with Gasteiger partial charge >= 0.3 is 0 Å². The number of aryl methyl sites for hydroxylation is 1. The predicted molar refractivity (Wildman–Crippen MR) is 79.6 cm³/mol. The summed E-state index contributed by atoms with van der Waals surface area (Å²) in [5, 5.41) is 3.55. The van der Waals surface area contributed by atoms with Crippen molar-refractivity contribution < 1.29 is 0 Å². The minimum absolute atomic E-state index is 0.404. The monoisotopic (exact) mass is 261 g/mol. The Morgan fingerprint density at radius 1 is 1.26 bits per heavy atom. The number of hydrogen-bond donors (Lipinski definition) is 1. The molecule has 0 bridgehead atoms. The number of anilines is 1. The zero-order valence-corrected chi connectivity index (χ0v) is 13.0. The molecule has 0 saturated heterocycles. The van der Waals surface area contributed by atoms with Gasteiger partial charge in [-0.3, -0.25) is 0 Å². The van der Waals surface area contributed by atoms with Crippen LogP contribution in [0.3, 0.4) is 0 Å². The average molecular weight is 261 g/mol. The molecule has 3 heteroatoms. The fraction of sp³-hybridized carbons (Fsp3) is 0.812. The zero-order valence-electron chi connectivity index (χ0n) is 13.0. The van der Waals surface area contributed by atoms with E-state index in [1.165, 1.54) is 30.7 Å². The van der Waals surface area contributed by atoms with E-state index in [1.54, 1.807) is 0 Å². The van der Waals surface area contributed by atoms with Crippen LogP contribution in [0.15, 0.2) is 0 Å². The molecular formula is C16H27N3. The maximum atomic E-state index is 4.86. The molecule has 0 fully saturated rings. The van der Waals surface area contributed by atoms with Crippen LogP contribution in [0.5, 0.6) is 0 Å². The molecule has 2 heterocycles. The van der Waals surface area contributed by atoms with Gasteiger partial charge in [0.15, 0.2) is 0 Å². The summed E-state index contributed by atoms with van der Waals surface area (Å²) in [5.74, 6) is 1.90. The fourth-order valence-electron chi connectivity index (χ4n) is 3.79. The molecular weight excluding hydrogens is 234 g/mol. The van der Waals surface area contributed by atoms with Crippen molar-refractivity contribution in [3.8, 4) is 0 Å². The van der Waals surface area contributed by atoms with Crippen LogP contribution in [0.4, 0.5) is 5.95 Å². The minimum Gasteiger partial charge on any atom is -0.353 e. The number of rotatable bonds is 0. The first-order valence-electron chi connectivity index (χ1n) is 7.72. The van der Waals surface area contributed by atoms with Crippen LogP contribution < -0.4 is 5.32 Å². The largest absolute Gasteiger partial charge is 0.353 e. The summed E-state index contributed by atoms with van der Waals surface area (Å²) in [5.41, 5.74) is 3.26. The van der Waals surface area contributed by atoms with Gasteiger partial charge in [-0.15, -0.1) is 0 Å². The van der Waals surface area contributed by atoms with Crippen LogP contribution in [-0.2, 0) is 12.8 Å². The lowest BCUT2D eigenvalue weighted by Crippen LogP contribution is -2.32. The SMILES string of the molecule is CC1CC(C)n2c(nc3c2CC(C(C)(C)C)CC3)N1. The van der Waals surface area contributed by atoms with Crippen molar-refractivity contribution in [1.82, 2.24) is 9.55 Å². The molecule has 19 heavy (non-hydrogen) atoms. The molecule has 0 amide bonds. The maximum absolute atomic E-state index is 4.86. The second-order valence-electron chi connectivity index (χ2n) is 7.63. The second kappa shape index (κ2) is 4.26. The van der Waals surface area contributed by atoms with Crippen LogP contribution in [0.2, 0.25) is 0 Å². The Labute approximate surface area is 116 Å². The maximum Gasteiger partial charge on any atom is 0.203 e. The van der Waals surface area contributed by atoms with E-state index >= 15 is 0 Å². The third-order valence-electron chi connectivity index (χ3n) is 5.00. The van der Waals surface area contributed by atoms with Crippen LogP contribution in [0.25, 0.3) is 0 Å². The highest BCUT2D eigenvalue weighted by Crippen LogP contribution is 2.40. The Bertz CT molecular complexity index is 481. The van der Waals surface area contributed by atoms with Crippen molar-refractivity contribution in [2.45, 2.75) is 72.4 Å². The second-order valence-corrected chi connectivity index (χ2v) is 7.63. The molecule has 1 aromatic rings. The molecule has 0 spiro atoms. The summed E-state index contributed by atoms with van der Waals surface area (Å²) in [7, 11) is 0. The molecule has 1 aromatic heterocycles. The molecule has 0 saturated carbocycles. The predicted octanol–water partition coefficient (Wildman–Crippen LogP) is 3.80. The number of aromatic nitrogens is 2. The molecule has 0 aromatic carbocycles. The molecule has 1 N–H and O–H groups in total. The third kappa shape index (κ3) is 2.17. The summed E-state index contributed by atoms with van der Waals surface area (Å²) in [6.07, 6.45) is 4.85. The van der Waals surface area contributed by atoms with Gasteiger partial charge in [0, 0.05) is 17.8 Å². The lowest BCUT2D eigenvalue weighted by molar-refractivity contribution is 0.210. The van der Waals surface area contributed by atoms with E-state index in [0.29, 0.717) is 17.5 Å². The van der Waals surface area contributed by atoms with Crippen LogP contribution in [0.1, 0.15) is 64.9 Å². The lowest BCUT2D eigenvalue weighted by Gasteiger charge is -2.35. The molecule has 3 rings (SSSR count). The van der Waals surface area contributed by atoms with E-state index in [1.807, 2.05) is 0 Å². The molecule has 0 radical (unpaired) electrons. The smallest absolute Gasteiger partial charge is 0.203 e. The molecule has 106 valence electrons. The summed E-state index contributed by atoms with van der Waals surface area (Å²) in [6.45, 7) is 11.7. The minimum atomic E-state index is 0.404.